The molecule has 0 aliphatic carbocycles. The quantitative estimate of drug-likeness (QED) is 0.289. The number of nitrogens with zero attached hydrogens (tertiary/aromatic N) is 2. The van der Waals surface area contributed by atoms with E-state index in [4.69, 9.17) is 27.9 Å². The Morgan fingerprint density at radius 2 is 1.64 bits per heavy atom. The molecule has 5 nitrogen and oxygen atoms in total. The lowest BCUT2D eigenvalue weighted by Gasteiger charge is -2.38. The van der Waals surface area contributed by atoms with Gasteiger partial charge < -0.3 is 15.0 Å². The van der Waals surface area contributed by atoms with Crippen molar-refractivity contribution < 1.29 is 9.53 Å². The highest BCUT2D eigenvalue weighted by atomic mass is 35.5. The molecule has 0 saturated carbocycles. The summed E-state index contributed by atoms with van der Waals surface area (Å²) in [5, 5.41) is 4.70. The molecule has 1 atom stereocenters. The Morgan fingerprint density at radius 1 is 0.917 bits per heavy atom. The normalized spacial score (nSPS) is 14.7. The average Bonchev–Trinajstić information content (AvgIpc) is 2.88. The van der Waals surface area contributed by atoms with Gasteiger partial charge in [-0.3, -0.25) is 9.69 Å². The molecule has 0 bridgehead atoms. The number of hydrogen-bond donors (Lipinski definition) is 1. The molecule has 0 unspecified atom stereocenters. The van der Waals surface area contributed by atoms with E-state index in [0.717, 1.165) is 28.2 Å². The molecule has 36 heavy (non-hydrogen) atoms. The number of amides is 1. The minimum absolute atomic E-state index is 0.0512. The first-order valence-corrected chi connectivity index (χ1v) is 12.3. The summed E-state index contributed by atoms with van der Waals surface area (Å²) in [7, 11) is 3.98. The predicted octanol–water partition coefficient (Wildman–Crippen LogP) is 7.41. The van der Waals surface area contributed by atoms with Crippen molar-refractivity contribution in [1.29, 1.82) is 0 Å². The van der Waals surface area contributed by atoms with Crippen molar-refractivity contribution in [3.63, 3.8) is 0 Å². The lowest BCUT2D eigenvalue weighted by atomic mass is 10.0. The highest BCUT2D eigenvalue weighted by molar-refractivity contribution is 6.35. The minimum atomic E-state index is -0.377. The van der Waals surface area contributed by atoms with E-state index in [2.05, 4.69) is 5.32 Å². The maximum absolute atomic E-state index is 13.6. The number of rotatable bonds is 6. The molecule has 0 spiro atoms. The monoisotopic (exact) mass is 517 g/mol. The van der Waals surface area contributed by atoms with Gasteiger partial charge in [-0.15, -0.1) is 0 Å². The van der Waals surface area contributed by atoms with Crippen LogP contribution in [-0.2, 0) is 6.61 Å². The van der Waals surface area contributed by atoms with E-state index in [1.165, 1.54) is 0 Å². The number of halogens is 2. The van der Waals surface area contributed by atoms with Gasteiger partial charge in [-0.25, -0.2) is 0 Å². The molecular formula is C29H25Cl2N3O2. The standard InChI is InChI=1S/C29H25Cl2N3O2/c1-33(2)22-11-13-23(14-12-22)34-28(32-27-6-4-3-5-25(27)29(34)35)19-8-15-24(16-9-19)36-18-20-7-10-21(30)17-26(20)31/h3-17,28,32H,18H2,1-2H3/t28-/m1/s1. The molecule has 0 fully saturated rings. The van der Waals surface area contributed by atoms with Crippen LogP contribution in [0.2, 0.25) is 10.0 Å². The van der Waals surface area contributed by atoms with Crippen LogP contribution in [-0.4, -0.2) is 20.0 Å². The number of fused-ring (bicyclic) bond motifs is 1. The van der Waals surface area contributed by atoms with Crippen LogP contribution in [0.4, 0.5) is 17.1 Å². The SMILES string of the molecule is CN(C)c1ccc(N2C(=O)c3ccccc3N[C@H]2c2ccc(OCc3ccc(Cl)cc3Cl)cc2)cc1. The number of hydrogen-bond acceptors (Lipinski definition) is 4. The largest absolute Gasteiger partial charge is 0.489 e. The Hall–Kier alpha value is -3.67. The molecule has 1 aliphatic heterocycles. The highest BCUT2D eigenvalue weighted by Crippen LogP contribution is 2.37. The molecule has 7 heteroatoms. The van der Waals surface area contributed by atoms with Crippen LogP contribution in [0.15, 0.2) is 91.0 Å². The lowest BCUT2D eigenvalue weighted by molar-refractivity contribution is 0.0975. The molecule has 5 rings (SSSR count). The van der Waals surface area contributed by atoms with Gasteiger partial charge in [0.2, 0.25) is 0 Å². The predicted molar refractivity (Wildman–Crippen MR) is 148 cm³/mol. The van der Waals surface area contributed by atoms with Gasteiger partial charge in [0.25, 0.3) is 5.91 Å². The summed E-state index contributed by atoms with van der Waals surface area (Å²) in [6, 6.07) is 28.7. The van der Waals surface area contributed by atoms with E-state index < -0.39 is 0 Å². The van der Waals surface area contributed by atoms with E-state index in [9.17, 15) is 4.79 Å². The topological polar surface area (TPSA) is 44.8 Å². The van der Waals surface area contributed by atoms with E-state index in [1.54, 1.807) is 17.0 Å². The van der Waals surface area contributed by atoms with Crippen molar-refractivity contribution in [2.24, 2.45) is 0 Å². The summed E-state index contributed by atoms with van der Waals surface area (Å²) in [4.78, 5) is 17.5. The summed E-state index contributed by atoms with van der Waals surface area (Å²) in [6.07, 6.45) is -0.377. The van der Waals surface area contributed by atoms with Crippen LogP contribution in [0.25, 0.3) is 0 Å². The van der Waals surface area contributed by atoms with Gasteiger partial charge >= 0.3 is 0 Å². The van der Waals surface area contributed by atoms with Crippen LogP contribution < -0.4 is 19.9 Å². The zero-order valence-electron chi connectivity index (χ0n) is 19.9. The molecule has 182 valence electrons. The molecule has 1 heterocycles. The molecule has 4 aromatic carbocycles. The lowest BCUT2D eigenvalue weighted by Crippen LogP contribution is -2.43. The first-order valence-electron chi connectivity index (χ1n) is 11.5. The number of carbonyl (C=O) groups excluding carboxylic acids is 1. The highest BCUT2D eigenvalue weighted by Gasteiger charge is 2.34. The Kier molecular flexibility index (Phi) is 6.77. The van der Waals surface area contributed by atoms with Crippen molar-refractivity contribution in [2.75, 3.05) is 29.2 Å². The van der Waals surface area contributed by atoms with Crippen molar-refractivity contribution in [1.82, 2.24) is 0 Å². The molecule has 1 aliphatic rings. The minimum Gasteiger partial charge on any atom is -0.489 e. The Balaban J connectivity index is 1.42. The third-order valence-electron chi connectivity index (χ3n) is 6.18. The van der Waals surface area contributed by atoms with Gasteiger partial charge in [-0.2, -0.15) is 0 Å². The number of benzene rings is 4. The fourth-order valence-electron chi connectivity index (χ4n) is 4.21. The van der Waals surface area contributed by atoms with Crippen LogP contribution in [0.5, 0.6) is 5.75 Å². The van der Waals surface area contributed by atoms with E-state index in [0.29, 0.717) is 28.0 Å². The third kappa shape index (κ3) is 4.85. The smallest absolute Gasteiger partial charge is 0.262 e. The fourth-order valence-corrected chi connectivity index (χ4v) is 4.67. The number of anilines is 3. The van der Waals surface area contributed by atoms with Gasteiger partial charge in [0.15, 0.2) is 0 Å². The molecule has 0 radical (unpaired) electrons. The van der Waals surface area contributed by atoms with Crippen molar-refractivity contribution in [3.05, 3.63) is 118 Å². The molecule has 0 aromatic heterocycles. The molecule has 4 aromatic rings. The van der Waals surface area contributed by atoms with Crippen molar-refractivity contribution >= 4 is 46.2 Å². The van der Waals surface area contributed by atoms with Crippen molar-refractivity contribution in [2.45, 2.75) is 12.8 Å². The first kappa shape index (κ1) is 24.0. The van der Waals surface area contributed by atoms with Crippen LogP contribution in [0.1, 0.15) is 27.7 Å². The summed E-state index contributed by atoms with van der Waals surface area (Å²) < 4.78 is 5.95. The second-order valence-electron chi connectivity index (χ2n) is 8.77. The van der Waals surface area contributed by atoms with Gasteiger partial charge in [-0.1, -0.05) is 53.5 Å². The number of nitrogens with one attached hydrogen (secondary N) is 1. The third-order valence-corrected chi connectivity index (χ3v) is 6.76. The van der Waals surface area contributed by atoms with Crippen LogP contribution in [0.3, 0.4) is 0 Å². The van der Waals surface area contributed by atoms with Crippen molar-refractivity contribution in [3.8, 4) is 5.75 Å². The van der Waals surface area contributed by atoms with Gasteiger partial charge in [-0.05, 0) is 66.2 Å². The maximum Gasteiger partial charge on any atom is 0.262 e. The van der Waals surface area contributed by atoms with Crippen LogP contribution in [0, 0.1) is 0 Å². The molecule has 1 amide bonds. The second-order valence-corrected chi connectivity index (χ2v) is 9.62. The van der Waals surface area contributed by atoms with Gasteiger partial charge in [0.05, 0.1) is 5.56 Å². The second kappa shape index (κ2) is 10.1. The molecular weight excluding hydrogens is 493 g/mol. The molecule has 1 N–H and O–H groups in total. The zero-order valence-corrected chi connectivity index (χ0v) is 21.4. The van der Waals surface area contributed by atoms with Gasteiger partial charge in [0.1, 0.15) is 18.5 Å². The van der Waals surface area contributed by atoms with E-state index in [1.807, 2.05) is 97.9 Å². The summed E-state index contributed by atoms with van der Waals surface area (Å²) in [6.45, 7) is 0.327. The average molecular weight is 518 g/mol. The van der Waals surface area contributed by atoms with Gasteiger partial charge in [0, 0.05) is 46.8 Å². The van der Waals surface area contributed by atoms with E-state index >= 15 is 0 Å². The Labute approximate surface area is 220 Å². The number of ether oxygens (including phenoxy) is 1. The summed E-state index contributed by atoms with van der Waals surface area (Å²) in [5.74, 6) is 0.652. The van der Waals surface area contributed by atoms with Crippen LogP contribution >= 0.6 is 23.2 Å². The molecule has 0 saturated heterocycles. The zero-order chi connectivity index (χ0) is 25.2. The number of carbonyl (C=O) groups is 1. The Morgan fingerprint density at radius 3 is 2.33 bits per heavy atom. The Bertz CT molecular complexity index is 1390. The number of para-hydroxylation sites is 1. The first-order chi connectivity index (χ1) is 17.4. The maximum atomic E-state index is 13.6. The summed E-state index contributed by atoms with van der Waals surface area (Å²) >= 11 is 12.2. The summed E-state index contributed by atoms with van der Waals surface area (Å²) in [5.41, 5.74) is 5.13. The van der Waals surface area contributed by atoms with E-state index in [-0.39, 0.29) is 12.1 Å². The fraction of sp³-hybridized carbons (Fsp3) is 0.138.